The van der Waals surface area contributed by atoms with E-state index in [1.54, 1.807) is 0 Å². The second-order valence-corrected chi connectivity index (χ2v) is 5.62. The van der Waals surface area contributed by atoms with Gasteiger partial charge < -0.3 is 5.11 Å². The van der Waals surface area contributed by atoms with Crippen molar-refractivity contribution in [2.45, 2.75) is 63.4 Å². The summed E-state index contributed by atoms with van der Waals surface area (Å²) in [4.78, 5) is 12.3. The molecule has 0 spiro atoms. The quantitative estimate of drug-likeness (QED) is 0.681. The highest BCUT2D eigenvalue weighted by molar-refractivity contribution is 6.06. The summed E-state index contributed by atoms with van der Waals surface area (Å²) in [5.41, 5.74) is 1.37. The van der Waals surface area contributed by atoms with Crippen LogP contribution in [-0.2, 0) is 4.79 Å². The molecule has 0 aromatic heterocycles. The first-order chi connectivity index (χ1) is 7.73. The molecule has 0 amide bonds. The fourth-order valence-electron chi connectivity index (χ4n) is 3.90. The van der Waals surface area contributed by atoms with E-state index in [4.69, 9.17) is 0 Å². The summed E-state index contributed by atoms with van der Waals surface area (Å²) in [5.74, 6) is 0.274. The van der Waals surface area contributed by atoms with E-state index in [0.29, 0.717) is 6.42 Å². The lowest BCUT2D eigenvalue weighted by Gasteiger charge is -2.35. The monoisotopic (exact) mass is 220 g/mol. The van der Waals surface area contributed by atoms with Crippen LogP contribution < -0.4 is 0 Å². The first kappa shape index (κ1) is 10.5. The third-order valence-corrected chi connectivity index (χ3v) is 4.73. The van der Waals surface area contributed by atoms with Crippen LogP contribution in [0.15, 0.2) is 11.1 Å². The number of aliphatic hydroxyl groups is 1. The van der Waals surface area contributed by atoms with Crippen molar-refractivity contribution in [3.05, 3.63) is 11.1 Å². The van der Waals surface area contributed by atoms with Gasteiger partial charge in [0, 0.05) is 5.92 Å². The van der Waals surface area contributed by atoms with Gasteiger partial charge in [-0.3, -0.25) is 4.79 Å². The lowest BCUT2D eigenvalue weighted by molar-refractivity contribution is -0.138. The van der Waals surface area contributed by atoms with E-state index >= 15 is 0 Å². The molecule has 0 heterocycles. The molecule has 0 aromatic carbocycles. The van der Waals surface area contributed by atoms with Crippen molar-refractivity contribution >= 4 is 5.78 Å². The average Bonchev–Trinajstić information content (AvgIpc) is 2.49. The third kappa shape index (κ3) is 1.32. The first-order valence-electron chi connectivity index (χ1n) is 6.72. The van der Waals surface area contributed by atoms with Crippen molar-refractivity contribution in [1.82, 2.24) is 0 Å². The minimum absolute atomic E-state index is 0.0918. The highest BCUT2D eigenvalue weighted by Crippen LogP contribution is 2.50. The van der Waals surface area contributed by atoms with Gasteiger partial charge in [0.15, 0.2) is 5.78 Å². The minimum Gasteiger partial charge on any atom is -0.381 e. The van der Waals surface area contributed by atoms with Crippen molar-refractivity contribution < 1.29 is 9.90 Å². The predicted octanol–water partition coefficient (Wildman–Crippen LogP) is 2.75. The predicted molar refractivity (Wildman–Crippen MR) is 62.0 cm³/mol. The molecule has 1 saturated carbocycles. The van der Waals surface area contributed by atoms with Gasteiger partial charge in [-0.05, 0) is 44.1 Å². The van der Waals surface area contributed by atoms with Gasteiger partial charge >= 0.3 is 0 Å². The standard InChI is InChI=1S/C14H20O2/c15-13-11-7-3-1-2-6-10(11)12-8-4-5-9-14(12,13)16/h12,16H,1-9H2/t12-,14+/m1/s1. The summed E-state index contributed by atoms with van der Waals surface area (Å²) in [7, 11) is 0. The normalized spacial score (nSPS) is 39.3. The molecule has 3 aliphatic carbocycles. The zero-order valence-electron chi connectivity index (χ0n) is 9.80. The Balaban J connectivity index is 2.00. The lowest BCUT2D eigenvalue weighted by atomic mass is 9.74. The Hall–Kier alpha value is -0.630. The highest BCUT2D eigenvalue weighted by atomic mass is 16.3. The number of carbonyl (C=O) groups excluding carboxylic acids is 1. The largest absolute Gasteiger partial charge is 0.381 e. The lowest BCUT2D eigenvalue weighted by Crippen LogP contribution is -2.44. The van der Waals surface area contributed by atoms with E-state index in [9.17, 15) is 9.90 Å². The molecule has 16 heavy (non-hydrogen) atoms. The molecule has 0 saturated heterocycles. The summed E-state index contributed by atoms with van der Waals surface area (Å²) >= 11 is 0. The second-order valence-electron chi connectivity index (χ2n) is 5.62. The van der Waals surface area contributed by atoms with Crippen LogP contribution in [0.25, 0.3) is 0 Å². The zero-order chi connectivity index (χ0) is 11.2. The number of Topliss-reactive ketones (excluding diaryl/α,β-unsaturated/α-hetero) is 1. The fraction of sp³-hybridized carbons (Fsp3) is 0.786. The van der Waals surface area contributed by atoms with E-state index in [2.05, 4.69) is 0 Å². The van der Waals surface area contributed by atoms with Crippen molar-refractivity contribution in [2.24, 2.45) is 5.92 Å². The summed E-state index contributed by atoms with van der Waals surface area (Å²) in [6.45, 7) is 0. The Bertz CT molecular complexity index is 356. The zero-order valence-corrected chi connectivity index (χ0v) is 9.80. The maximum atomic E-state index is 12.3. The van der Waals surface area contributed by atoms with E-state index in [1.807, 2.05) is 0 Å². The summed E-state index contributed by atoms with van der Waals surface area (Å²) < 4.78 is 0. The van der Waals surface area contributed by atoms with Crippen LogP contribution in [0.2, 0.25) is 0 Å². The molecule has 0 bridgehead atoms. The van der Waals surface area contributed by atoms with Crippen LogP contribution in [0.3, 0.4) is 0 Å². The van der Waals surface area contributed by atoms with Crippen LogP contribution in [0, 0.1) is 5.92 Å². The van der Waals surface area contributed by atoms with Gasteiger partial charge in [-0.15, -0.1) is 0 Å². The van der Waals surface area contributed by atoms with Gasteiger partial charge in [-0.2, -0.15) is 0 Å². The highest BCUT2D eigenvalue weighted by Gasteiger charge is 2.53. The number of ketones is 1. The Kier molecular flexibility index (Phi) is 2.43. The second kappa shape index (κ2) is 3.69. The molecule has 2 heteroatoms. The van der Waals surface area contributed by atoms with Crippen molar-refractivity contribution in [1.29, 1.82) is 0 Å². The van der Waals surface area contributed by atoms with Gasteiger partial charge in [-0.25, -0.2) is 0 Å². The van der Waals surface area contributed by atoms with Crippen molar-refractivity contribution in [3.63, 3.8) is 0 Å². The van der Waals surface area contributed by atoms with Gasteiger partial charge in [0.25, 0.3) is 0 Å². The molecule has 1 N–H and O–H groups in total. The molecule has 0 aromatic rings. The molecule has 0 aliphatic heterocycles. The number of carbonyl (C=O) groups is 1. The number of hydrogen-bond donors (Lipinski definition) is 1. The summed E-state index contributed by atoms with van der Waals surface area (Å²) in [6.07, 6.45) is 9.49. The Morgan fingerprint density at radius 3 is 2.75 bits per heavy atom. The Morgan fingerprint density at radius 1 is 1.06 bits per heavy atom. The number of rotatable bonds is 0. The van der Waals surface area contributed by atoms with E-state index in [-0.39, 0.29) is 11.7 Å². The molecule has 0 radical (unpaired) electrons. The number of fused-ring (bicyclic) bond motifs is 2. The van der Waals surface area contributed by atoms with Crippen LogP contribution >= 0.6 is 0 Å². The third-order valence-electron chi connectivity index (χ3n) is 4.73. The maximum Gasteiger partial charge on any atom is 0.190 e. The van der Waals surface area contributed by atoms with Crippen LogP contribution in [0.5, 0.6) is 0 Å². The summed E-state index contributed by atoms with van der Waals surface area (Å²) in [5, 5.41) is 10.6. The molecule has 1 fully saturated rings. The van der Waals surface area contributed by atoms with E-state index in [0.717, 1.165) is 37.7 Å². The SMILES string of the molecule is O=C1C2=C(CCCCC2)[C@H]2CCCC[C@@]12O. The smallest absolute Gasteiger partial charge is 0.190 e. The summed E-state index contributed by atoms with van der Waals surface area (Å²) in [6, 6.07) is 0. The molecule has 3 rings (SSSR count). The molecule has 0 unspecified atom stereocenters. The van der Waals surface area contributed by atoms with Gasteiger partial charge in [0.1, 0.15) is 5.60 Å². The van der Waals surface area contributed by atoms with Gasteiger partial charge in [0.2, 0.25) is 0 Å². The van der Waals surface area contributed by atoms with Gasteiger partial charge in [0.05, 0.1) is 0 Å². The van der Waals surface area contributed by atoms with Gasteiger partial charge in [-0.1, -0.05) is 24.8 Å². The van der Waals surface area contributed by atoms with Crippen LogP contribution in [-0.4, -0.2) is 16.5 Å². The molecule has 88 valence electrons. The number of hydrogen-bond acceptors (Lipinski definition) is 2. The van der Waals surface area contributed by atoms with Crippen LogP contribution in [0.1, 0.15) is 57.8 Å². The first-order valence-corrected chi connectivity index (χ1v) is 6.72. The van der Waals surface area contributed by atoms with E-state index in [1.165, 1.54) is 24.8 Å². The van der Waals surface area contributed by atoms with Crippen LogP contribution in [0.4, 0.5) is 0 Å². The minimum atomic E-state index is -0.986. The Morgan fingerprint density at radius 2 is 1.88 bits per heavy atom. The molecule has 2 nitrogen and oxygen atoms in total. The van der Waals surface area contributed by atoms with E-state index < -0.39 is 5.60 Å². The molecule has 3 aliphatic rings. The van der Waals surface area contributed by atoms with Crippen molar-refractivity contribution in [3.8, 4) is 0 Å². The fourth-order valence-corrected chi connectivity index (χ4v) is 3.90. The molecular weight excluding hydrogens is 200 g/mol. The topological polar surface area (TPSA) is 37.3 Å². The molecular formula is C14H20O2. The van der Waals surface area contributed by atoms with Crippen molar-refractivity contribution in [2.75, 3.05) is 0 Å². The average molecular weight is 220 g/mol. The molecule has 2 atom stereocenters. The Labute approximate surface area is 96.7 Å². The maximum absolute atomic E-state index is 12.3.